The highest BCUT2D eigenvalue weighted by molar-refractivity contribution is 6.30. The lowest BCUT2D eigenvalue weighted by Crippen LogP contribution is -2.35. The number of anilines is 1. The molecule has 2 N–H and O–H groups in total. The first-order valence-electron chi connectivity index (χ1n) is 4.50. The summed E-state index contributed by atoms with van der Waals surface area (Å²) in [4.78, 5) is 13.2. The number of aliphatic hydroxyl groups is 1. The molecule has 0 amide bonds. The number of hydrogen-bond donors (Lipinski definition) is 2. The third kappa shape index (κ3) is 3.70. The lowest BCUT2D eigenvalue weighted by molar-refractivity contribution is -0.384. The quantitative estimate of drug-likeness (QED) is 0.652. The first kappa shape index (κ1) is 14.5. The van der Waals surface area contributed by atoms with E-state index in [1.54, 1.807) is 0 Å². The molecule has 0 saturated carbocycles. The van der Waals surface area contributed by atoms with Crippen LogP contribution in [0, 0.1) is 10.1 Å². The van der Waals surface area contributed by atoms with E-state index >= 15 is 0 Å². The van der Waals surface area contributed by atoms with Gasteiger partial charge in [-0.1, -0.05) is 11.6 Å². The molecule has 6 nitrogen and oxygen atoms in total. The van der Waals surface area contributed by atoms with Gasteiger partial charge >= 0.3 is 11.9 Å². The van der Waals surface area contributed by atoms with E-state index < -0.39 is 35.3 Å². The SMILES string of the molecule is O=[N+]([O-])c1cc(Cl)cnc1NCC(O)C(F)(F)F. The van der Waals surface area contributed by atoms with Gasteiger partial charge in [0.1, 0.15) is 0 Å². The molecular formula is C8H7ClF3N3O3. The maximum absolute atomic E-state index is 12.0. The molecule has 0 aliphatic carbocycles. The Kier molecular flexibility index (Phi) is 4.30. The molecule has 0 bridgehead atoms. The topological polar surface area (TPSA) is 88.3 Å². The Bertz CT molecular complexity index is 455. The molecule has 0 spiro atoms. The van der Waals surface area contributed by atoms with Crippen LogP contribution < -0.4 is 5.32 Å². The molecule has 1 aromatic heterocycles. The summed E-state index contributed by atoms with van der Waals surface area (Å²) in [6, 6.07) is 0.941. The van der Waals surface area contributed by atoms with Gasteiger partial charge in [-0.2, -0.15) is 13.2 Å². The van der Waals surface area contributed by atoms with Crippen molar-refractivity contribution in [3.63, 3.8) is 0 Å². The Balaban J connectivity index is 2.82. The Hall–Kier alpha value is -1.61. The van der Waals surface area contributed by atoms with Crippen LogP contribution in [0.25, 0.3) is 0 Å². The lowest BCUT2D eigenvalue weighted by Gasteiger charge is -2.15. The van der Waals surface area contributed by atoms with Gasteiger partial charge in [0.05, 0.1) is 16.5 Å². The normalized spacial score (nSPS) is 13.2. The Morgan fingerprint density at radius 2 is 2.22 bits per heavy atom. The van der Waals surface area contributed by atoms with Gasteiger partial charge < -0.3 is 10.4 Å². The summed E-state index contributed by atoms with van der Waals surface area (Å²) < 4.78 is 36.0. The molecule has 1 rings (SSSR count). The molecular weight excluding hydrogens is 279 g/mol. The minimum Gasteiger partial charge on any atom is -0.382 e. The van der Waals surface area contributed by atoms with Crippen LogP contribution >= 0.6 is 11.6 Å². The van der Waals surface area contributed by atoms with E-state index in [2.05, 4.69) is 4.98 Å². The van der Waals surface area contributed by atoms with Gasteiger partial charge in [-0.15, -0.1) is 0 Å². The molecule has 1 atom stereocenters. The first-order chi connectivity index (χ1) is 8.21. The van der Waals surface area contributed by atoms with Gasteiger partial charge in [-0.05, 0) is 0 Å². The van der Waals surface area contributed by atoms with E-state index in [9.17, 15) is 23.3 Å². The fourth-order valence-electron chi connectivity index (χ4n) is 1.01. The van der Waals surface area contributed by atoms with Crippen molar-refractivity contribution in [1.82, 2.24) is 4.98 Å². The van der Waals surface area contributed by atoms with E-state index in [-0.39, 0.29) is 5.02 Å². The van der Waals surface area contributed by atoms with E-state index in [1.807, 2.05) is 5.32 Å². The zero-order chi connectivity index (χ0) is 13.9. The van der Waals surface area contributed by atoms with E-state index in [4.69, 9.17) is 16.7 Å². The summed E-state index contributed by atoms with van der Waals surface area (Å²) in [6.45, 7) is -0.945. The molecule has 1 unspecified atom stereocenters. The molecule has 0 aliphatic rings. The maximum atomic E-state index is 12.0. The predicted octanol–water partition coefficient (Wildman–Crippen LogP) is 1.98. The summed E-state index contributed by atoms with van der Waals surface area (Å²) in [5.41, 5.74) is -0.572. The summed E-state index contributed by atoms with van der Waals surface area (Å²) in [5.74, 6) is -0.396. The highest BCUT2D eigenvalue weighted by Crippen LogP contribution is 2.26. The highest BCUT2D eigenvalue weighted by atomic mass is 35.5. The third-order valence-electron chi connectivity index (χ3n) is 1.87. The summed E-state index contributed by atoms with van der Waals surface area (Å²) in [5, 5.41) is 21.3. The number of nitrogens with zero attached hydrogens (tertiary/aromatic N) is 2. The number of rotatable bonds is 4. The van der Waals surface area contributed by atoms with Crippen molar-refractivity contribution in [3.05, 3.63) is 27.4 Å². The Morgan fingerprint density at radius 1 is 1.61 bits per heavy atom. The summed E-state index contributed by atoms with van der Waals surface area (Å²) in [6.07, 6.45) is -6.42. The minimum absolute atomic E-state index is 0.0244. The average Bonchev–Trinajstić information content (AvgIpc) is 2.25. The van der Waals surface area contributed by atoms with Gasteiger partial charge in [0.2, 0.25) is 5.82 Å². The van der Waals surface area contributed by atoms with Crippen LogP contribution in [0.4, 0.5) is 24.7 Å². The number of nitro groups is 1. The predicted molar refractivity (Wildman–Crippen MR) is 56.5 cm³/mol. The van der Waals surface area contributed by atoms with Crippen LogP contribution in [0.1, 0.15) is 0 Å². The molecule has 0 aliphatic heterocycles. The molecule has 0 radical (unpaired) electrons. The van der Waals surface area contributed by atoms with Crippen molar-refractivity contribution in [1.29, 1.82) is 0 Å². The minimum atomic E-state index is -4.81. The molecule has 1 heterocycles. The van der Waals surface area contributed by atoms with E-state index in [0.717, 1.165) is 12.3 Å². The fourth-order valence-corrected chi connectivity index (χ4v) is 1.17. The molecule has 1 aromatic rings. The molecule has 0 fully saturated rings. The van der Waals surface area contributed by atoms with Crippen LogP contribution in [0.15, 0.2) is 12.3 Å². The zero-order valence-electron chi connectivity index (χ0n) is 8.61. The van der Waals surface area contributed by atoms with Gasteiger partial charge in [-0.3, -0.25) is 10.1 Å². The monoisotopic (exact) mass is 285 g/mol. The smallest absolute Gasteiger partial charge is 0.382 e. The standard InChI is InChI=1S/C8H7ClF3N3O3/c9-4-1-5(15(17)18)7(13-2-4)14-3-6(16)8(10,11)12/h1-2,6,16H,3H2,(H,13,14). The zero-order valence-corrected chi connectivity index (χ0v) is 9.37. The number of aromatic nitrogens is 1. The van der Waals surface area contributed by atoms with Crippen molar-refractivity contribution >= 4 is 23.1 Å². The van der Waals surface area contributed by atoms with Crippen molar-refractivity contribution in [2.75, 3.05) is 11.9 Å². The van der Waals surface area contributed by atoms with Crippen molar-refractivity contribution in [3.8, 4) is 0 Å². The van der Waals surface area contributed by atoms with Gasteiger partial charge in [0, 0.05) is 12.3 Å². The Labute approximate surface area is 104 Å². The van der Waals surface area contributed by atoms with Crippen LogP contribution in [0.5, 0.6) is 0 Å². The fraction of sp³-hybridized carbons (Fsp3) is 0.375. The average molecular weight is 286 g/mol. The molecule has 0 saturated heterocycles. The first-order valence-corrected chi connectivity index (χ1v) is 4.88. The number of pyridine rings is 1. The third-order valence-corrected chi connectivity index (χ3v) is 2.08. The molecule has 0 aromatic carbocycles. The second-order valence-corrected chi connectivity index (χ2v) is 3.65. The largest absolute Gasteiger partial charge is 0.416 e. The van der Waals surface area contributed by atoms with Crippen molar-refractivity contribution in [2.24, 2.45) is 0 Å². The van der Waals surface area contributed by atoms with Gasteiger partial charge in [0.15, 0.2) is 6.10 Å². The van der Waals surface area contributed by atoms with Gasteiger partial charge in [-0.25, -0.2) is 4.98 Å². The molecule has 18 heavy (non-hydrogen) atoms. The number of aliphatic hydroxyl groups excluding tert-OH is 1. The second kappa shape index (κ2) is 5.36. The van der Waals surface area contributed by atoms with Crippen molar-refractivity contribution in [2.45, 2.75) is 12.3 Å². The second-order valence-electron chi connectivity index (χ2n) is 3.22. The molecule has 100 valence electrons. The summed E-state index contributed by atoms with van der Waals surface area (Å²) >= 11 is 5.47. The molecule has 10 heteroatoms. The van der Waals surface area contributed by atoms with E-state index in [1.165, 1.54) is 0 Å². The van der Waals surface area contributed by atoms with E-state index in [0.29, 0.717) is 0 Å². The van der Waals surface area contributed by atoms with Crippen LogP contribution in [0.3, 0.4) is 0 Å². The lowest BCUT2D eigenvalue weighted by atomic mass is 10.3. The van der Waals surface area contributed by atoms with Crippen LogP contribution in [-0.4, -0.2) is 33.8 Å². The summed E-state index contributed by atoms with van der Waals surface area (Å²) in [7, 11) is 0. The van der Waals surface area contributed by atoms with Crippen LogP contribution in [0.2, 0.25) is 5.02 Å². The number of nitrogens with one attached hydrogen (secondary N) is 1. The Morgan fingerprint density at radius 3 is 2.72 bits per heavy atom. The maximum Gasteiger partial charge on any atom is 0.416 e. The number of alkyl halides is 3. The number of halogens is 4. The number of hydrogen-bond acceptors (Lipinski definition) is 5. The van der Waals surface area contributed by atoms with Crippen molar-refractivity contribution < 1.29 is 23.2 Å². The highest BCUT2D eigenvalue weighted by Gasteiger charge is 2.38. The van der Waals surface area contributed by atoms with Gasteiger partial charge in [0.25, 0.3) is 0 Å². The van der Waals surface area contributed by atoms with Crippen LogP contribution in [-0.2, 0) is 0 Å².